The second kappa shape index (κ2) is 7.57. The third-order valence-corrected chi connectivity index (χ3v) is 4.11. The fraction of sp³-hybridized carbons (Fsp3) is 0.300. The molecule has 0 aliphatic rings. The lowest BCUT2D eigenvalue weighted by Gasteiger charge is -2.29. The van der Waals surface area contributed by atoms with Gasteiger partial charge in [-0.15, -0.1) is 5.10 Å². The summed E-state index contributed by atoms with van der Waals surface area (Å²) in [7, 11) is 0. The number of hydrogen-bond acceptors (Lipinski definition) is 5. The highest BCUT2D eigenvalue weighted by molar-refractivity contribution is 5.86. The van der Waals surface area contributed by atoms with Gasteiger partial charge in [0.1, 0.15) is 17.1 Å². The van der Waals surface area contributed by atoms with Crippen molar-refractivity contribution < 1.29 is 14.4 Å². The Morgan fingerprint density at radius 2 is 1.74 bits per heavy atom. The average Bonchev–Trinajstić information content (AvgIpc) is 3.02. The molecule has 0 aliphatic heterocycles. The maximum absolute atomic E-state index is 12.8. The van der Waals surface area contributed by atoms with Crippen LogP contribution in [0.4, 0.5) is 0 Å². The zero-order chi connectivity index (χ0) is 19.4. The first-order chi connectivity index (χ1) is 12.8. The van der Waals surface area contributed by atoms with Crippen LogP contribution in [0.2, 0.25) is 0 Å². The molecule has 1 atom stereocenters. The molecule has 0 saturated carbocycles. The molecule has 27 heavy (non-hydrogen) atoms. The zero-order valence-corrected chi connectivity index (χ0v) is 15.5. The van der Waals surface area contributed by atoms with E-state index in [1.54, 1.807) is 18.2 Å². The van der Waals surface area contributed by atoms with E-state index in [-0.39, 0.29) is 12.3 Å². The number of fused-ring (bicyclic) bond motifs is 1. The summed E-state index contributed by atoms with van der Waals surface area (Å²) >= 11 is 0. The summed E-state index contributed by atoms with van der Waals surface area (Å²) in [6.45, 7) is 5.59. The smallest absolute Gasteiger partial charge is 0.342 e. The van der Waals surface area contributed by atoms with Gasteiger partial charge in [-0.05, 0) is 28.3 Å². The van der Waals surface area contributed by atoms with Crippen LogP contribution in [-0.4, -0.2) is 33.1 Å². The largest absolute Gasteiger partial charge is 0.357 e. The minimum absolute atomic E-state index is 0.187. The molecule has 1 N–H and O–H groups in total. The van der Waals surface area contributed by atoms with Crippen LogP contribution in [0.25, 0.3) is 11.0 Å². The lowest BCUT2D eigenvalue weighted by molar-refractivity contribution is -0.152. The summed E-state index contributed by atoms with van der Waals surface area (Å²) in [5.41, 5.74) is 1.53. The third-order valence-electron chi connectivity index (χ3n) is 4.11. The van der Waals surface area contributed by atoms with E-state index in [2.05, 4.69) is 15.6 Å². The molecule has 3 rings (SSSR count). The van der Waals surface area contributed by atoms with Gasteiger partial charge < -0.3 is 10.2 Å². The topological polar surface area (TPSA) is 86.1 Å². The molecule has 0 saturated heterocycles. The molecule has 7 nitrogen and oxygen atoms in total. The predicted octanol–water partition coefficient (Wildman–Crippen LogP) is 2.16. The fourth-order valence-corrected chi connectivity index (χ4v) is 2.68. The highest BCUT2D eigenvalue weighted by Gasteiger charge is 2.35. The van der Waals surface area contributed by atoms with E-state index in [1.165, 1.54) is 0 Å². The number of carbonyl (C=O) groups is 2. The Balaban J connectivity index is 1.74. The molecule has 0 bridgehead atoms. The van der Waals surface area contributed by atoms with Gasteiger partial charge in [-0.25, -0.2) is 4.79 Å². The summed E-state index contributed by atoms with van der Waals surface area (Å²) in [4.78, 5) is 31.7. The molecule has 7 heteroatoms. The standard InChI is InChI=1S/C20H22N4O3/c1-20(2,3)18(21-17(25)13-14-9-5-4-6-10-14)19(26)27-24-16-12-8-7-11-15(16)22-23-24/h4-12,18H,13H2,1-3H3,(H,21,25). The number of aromatic nitrogens is 3. The zero-order valence-electron chi connectivity index (χ0n) is 15.5. The Bertz CT molecular complexity index is 945. The highest BCUT2D eigenvalue weighted by atomic mass is 16.7. The van der Waals surface area contributed by atoms with Crippen LogP contribution < -0.4 is 10.2 Å². The van der Waals surface area contributed by atoms with Crippen LogP contribution in [0.1, 0.15) is 26.3 Å². The van der Waals surface area contributed by atoms with Gasteiger partial charge in [-0.2, -0.15) is 0 Å². The summed E-state index contributed by atoms with van der Waals surface area (Å²) in [6.07, 6.45) is 0.187. The number of benzene rings is 2. The van der Waals surface area contributed by atoms with E-state index < -0.39 is 17.4 Å². The molecule has 0 fully saturated rings. The van der Waals surface area contributed by atoms with Crippen molar-refractivity contribution in [2.24, 2.45) is 5.41 Å². The normalized spacial score (nSPS) is 12.6. The number of nitrogens with zero attached hydrogens (tertiary/aromatic N) is 3. The number of para-hydroxylation sites is 1. The molecular weight excluding hydrogens is 344 g/mol. The lowest BCUT2D eigenvalue weighted by Crippen LogP contribution is -2.52. The van der Waals surface area contributed by atoms with Crippen molar-refractivity contribution in [1.82, 2.24) is 20.5 Å². The van der Waals surface area contributed by atoms with Gasteiger partial charge in [0.2, 0.25) is 5.91 Å². The summed E-state index contributed by atoms with van der Waals surface area (Å²) in [5, 5.41) is 10.6. The monoisotopic (exact) mass is 366 g/mol. The Morgan fingerprint density at radius 1 is 1.07 bits per heavy atom. The molecule has 1 heterocycles. The first-order valence-corrected chi connectivity index (χ1v) is 8.70. The van der Waals surface area contributed by atoms with Gasteiger partial charge in [-0.1, -0.05) is 68.1 Å². The fourth-order valence-electron chi connectivity index (χ4n) is 2.68. The number of rotatable bonds is 5. The van der Waals surface area contributed by atoms with E-state index in [1.807, 2.05) is 57.2 Å². The van der Waals surface area contributed by atoms with E-state index in [9.17, 15) is 9.59 Å². The number of hydrogen-bond donors (Lipinski definition) is 1. The van der Waals surface area contributed by atoms with Crippen LogP contribution in [0.5, 0.6) is 0 Å². The lowest BCUT2D eigenvalue weighted by atomic mass is 9.86. The average molecular weight is 366 g/mol. The predicted molar refractivity (Wildman–Crippen MR) is 101 cm³/mol. The van der Waals surface area contributed by atoms with Gasteiger partial charge in [0.15, 0.2) is 0 Å². The third kappa shape index (κ3) is 4.49. The number of amides is 1. The molecule has 1 unspecified atom stereocenters. The molecule has 0 radical (unpaired) electrons. The van der Waals surface area contributed by atoms with Crippen molar-refractivity contribution in [2.45, 2.75) is 33.2 Å². The van der Waals surface area contributed by atoms with E-state index in [4.69, 9.17) is 4.84 Å². The van der Waals surface area contributed by atoms with Crippen molar-refractivity contribution in [2.75, 3.05) is 0 Å². The molecule has 0 aliphatic carbocycles. The molecule has 3 aromatic rings. The minimum atomic E-state index is -0.836. The second-order valence-corrected chi connectivity index (χ2v) is 7.39. The highest BCUT2D eigenvalue weighted by Crippen LogP contribution is 2.20. The quantitative estimate of drug-likeness (QED) is 0.700. The Kier molecular flexibility index (Phi) is 5.21. The summed E-state index contributed by atoms with van der Waals surface area (Å²) in [6, 6.07) is 15.7. The maximum Gasteiger partial charge on any atom is 0.357 e. The van der Waals surface area contributed by atoms with Gasteiger partial charge in [0, 0.05) is 0 Å². The maximum atomic E-state index is 12.8. The second-order valence-electron chi connectivity index (χ2n) is 7.39. The van der Waals surface area contributed by atoms with Crippen LogP contribution in [0, 0.1) is 5.41 Å². The molecule has 1 aromatic heterocycles. The van der Waals surface area contributed by atoms with Crippen molar-refractivity contribution in [3.8, 4) is 0 Å². The van der Waals surface area contributed by atoms with Crippen LogP contribution in [0.3, 0.4) is 0 Å². The van der Waals surface area contributed by atoms with E-state index >= 15 is 0 Å². The van der Waals surface area contributed by atoms with Crippen molar-refractivity contribution in [1.29, 1.82) is 0 Å². The van der Waals surface area contributed by atoms with Crippen molar-refractivity contribution in [3.63, 3.8) is 0 Å². The van der Waals surface area contributed by atoms with Crippen LogP contribution >= 0.6 is 0 Å². The van der Waals surface area contributed by atoms with Crippen LogP contribution in [-0.2, 0) is 16.0 Å². The van der Waals surface area contributed by atoms with Crippen LogP contribution in [0.15, 0.2) is 54.6 Å². The van der Waals surface area contributed by atoms with Gasteiger partial charge in [0.05, 0.1) is 6.42 Å². The SMILES string of the molecule is CC(C)(C)C(NC(=O)Cc1ccccc1)C(=O)On1nnc2ccccc21. The van der Waals surface area contributed by atoms with Crippen molar-refractivity contribution >= 4 is 22.9 Å². The molecule has 0 spiro atoms. The Labute approximate surface area is 157 Å². The molecule has 140 valence electrons. The van der Waals surface area contributed by atoms with Gasteiger partial charge >= 0.3 is 5.97 Å². The van der Waals surface area contributed by atoms with Gasteiger partial charge in [-0.3, -0.25) is 4.79 Å². The first kappa shape index (κ1) is 18.6. The van der Waals surface area contributed by atoms with Gasteiger partial charge in [0.25, 0.3) is 0 Å². The number of carbonyl (C=O) groups excluding carboxylic acids is 2. The molecule has 2 aromatic carbocycles. The Hall–Kier alpha value is -3.22. The first-order valence-electron chi connectivity index (χ1n) is 8.70. The summed E-state index contributed by atoms with van der Waals surface area (Å²) in [5.74, 6) is -0.846. The van der Waals surface area contributed by atoms with Crippen molar-refractivity contribution in [3.05, 3.63) is 60.2 Å². The summed E-state index contributed by atoms with van der Waals surface area (Å²) < 4.78 is 0. The van der Waals surface area contributed by atoms with E-state index in [0.29, 0.717) is 11.0 Å². The molecule has 1 amide bonds. The van der Waals surface area contributed by atoms with E-state index in [0.717, 1.165) is 10.4 Å². The Morgan fingerprint density at radius 3 is 2.44 bits per heavy atom. The number of nitrogens with one attached hydrogen (secondary N) is 1. The molecular formula is C20H22N4O3. The minimum Gasteiger partial charge on any atom is -0.342 e.